The standard InChI is InChI=1S/C31H36FN3O5/c1-21-6-2-8-25(18-21)40-28-26(9-3-10-27(28)32)31(39,15-5-16-34-30(37)38)24-7-4-17-35(20-24)29(36)23-13-11-22(19-33)12-14-23/h2-3,6,8-14,18,24,34,39H,4-5,7,15-17,19-20,33H2,1H3,(H,37,38). The van der Waals surface area contributed by atoms with Gasteiger partial charge in [-0.3, -0.25) is 4.79 Å². The van der Waals surface area contributed by atoms with Crippen LogP contribution in [0.1, 0.15) is 52.7 Å². The molecule has 1 fully saturated rings. The Morgan fingerprint density at radius 2 is 1.90 bits per heavy atom. The van der Waals surface area contributed by atoms with Crippen molar-refractivity contribution in [2.24, 2.45) is 11.7 Å². The van der Waals surface area contributed by atoms with Gasteiger partial charge in [0.05, 0.1) is 5.60 Å². The maximum Gasteiger partial charge on any atom is 0.404 e. The first kappa shape index (κ1) is 29.0. The van der Waals surface area contributed by atoms with Gasteiger partial charge in [-0.25, -0.2) is 9.18 Å². The minimum Gasteiger partial charge on any atom is -0.465 e. The Morgan fingerprint density at radius 1 is 1.15 bits per heavy atom. The van der Waals surface area contributed by atoms with Crippen LogP contribution >= 0.6 is 0 Å². The van der Waals surface area contributed by atoms with Gasteiger partial charge in [0.15, 0.2) is 11.6 Å². The summed E-state index contributed by atoms with van der Waals surface area (Å²) in [6.07, 6.45) is 0.524. The summed E-state index contributed by atoms with van der Waals surface area (Å²) in [6, 6.07) is 18.8. The molecular weight excluding hydrogens is 513 g/mol. The minimum absolute atomic E-state index is 0.0809. The fourth-order valence-electron chi connectivity index (χ4n) is 5.38. The Kier molecular flexibility index (Phi) is 9.39. The summed E-state index contributed by atoms with van der Waals surface area (Å²) in [5, 5.41) is 23.7. The van der Waals surface area contributed by atoms with Gasteiger partial charge in [-0.15, -0.1) is 0 Å². The molecule has 0 aromatic heterocycles. The monoisotopic (exact) mass is 549 g/mol. The Morgan fingerprint density at radius 3 is 2.60 bits per heavy atom. The molecule has 1 heterocycles. The zero-order valence-corrected chi connectivity index (χ0v) is 22.6. The third-order valence-corrected chi connectivity index (χ3v) is 7.47. The highest BCUT2D eigenvalue weighted by atomic mass is 19.1. The largest absolute Gasteiger partial charge is 0.465 e. The summed E-state index contributed by atoms with van der Waals surface area (Å²) in [4.78, 5) is 26.1. The van der Waals surface area contributed by atoms with Gasteiger partial charge in [0.2, 0.25) is 0 Å². The van der Waals surface area contributed by atoms with Crippen LogP contribution in [-0.2, 0) is 12.1 Å². The van der Waals surface area contributed by atoms with Crippen molar-refractivity contribution in [2.75, 3.05) is 19.6 Å². The number of hydrogen-bond acceptors (Lipinski definition) is 5. The number of para-hydroxylation sites is 1. The summed E-state index contributed by atoms with van der Waals surface area (Å²) in [6.45, 7) is 3.17. The molecule has 1 saturated heterocycles. The van der Waals surface area contributed by atoms with Crippen molar-refractivity contribution in [3.63, 3.8) is 0 Å². The number of carbonyl (C=O) groups is 2. The highest BCUT2D eigenvalue weighted by Gasteiger charge is 2.43. The molecule has 4 rings (SSSR count). The van der Waals surface area contributed by atoms with E-state index >= 15 is 4.39 Å². The van der Waals surface area contributed by atoms with E-state index in [9.17, 15) is 14.7 Å². The first-order chi connectivity index (χ1) is 19.2. The molecule has 0 spiro atoms. The number of halogens is 1. The van der Waals surface area contributed by atoms with Crippen LogP contribution < -0.4 is 15.8 Å². The number of carboxylic acid groups (broad SMARTS) is 1. The number of ether oxygens (including phenoxy) is 1. The van der Waals surface area contributed by atoms with E-state index in [1.807, 2.05) is 25.1 Å². The number of benzene rings is 3. The molecule has 5 N–H and O–H groups in total. The van der Waals surface area contributed by atoms with Crippen molar-refractivity contribution in [3.8, 4) is 11.5 Å². The van der Waals surface area contributed by atoms with Gasteiger partial charge < -0.3 is 30.9 Å². The second kappa shape index (κ2) is 12.9. The average Bonchev–Trinajstić information content (AvgIpc) is 2.96. The number of likely N-dealkylation sites (tertiary alicyclic amines) is 1. The number of nitrogens with zero attached hydrogens (tertiary/aromatic N) is 1. The lowest BCUT2D eigenvalue weighted by molar-refractivity contribution is -0.0581. The van der Waals surface area contributed by atoms with Crippen molar-refractivity contribution in [3.05, 3.63) is 94.8 Å². The second-order valence-corrected chi connectivity index (χ2v) is 10.3. The van der Waals surface area contributed by atoms with Crippen LogP contribution in [0.2, 0.25) is 0 Å². The summed E-state index contributed by atoms with van der Waals surface area (Å²) in [7, 11) is 0. The normalized spacial score (nSPS) is 16.7. The van der Waals surface area contributed by atoms with E-state index in [-0.39, 0.29) is 36.7 Å². The summed E-state index contributed by atoms with van der Waals surface area (Å²) >= 11 is 0. The van der Waals surface area contributed by atoms with Crippen LogP contribution in [0.3, 0.4) is 0 Å². The average molecular weight is 550 g/mol. The van der Waals surface area contributed by atoms with Gasteiger partial charge in [0.1, 0.15) is 5.75 Å². The molecule has 3 aromatic carbocycles. The molecule has 0 bridgehead atoms. The number of aliphatic hydroxyl groups is 1. The lowest BCUT2D eigenvalue weighted by atomic mass is 9.73. The third-order valence-electron chi connectivity index (χ3n) is 7.47. The van der Waals surface area contributed by atoms with Gasteiger partial charge in [-0.1, -0.05) is 36.4 Å². The fourth-order valence-corrected chi connectivity index (χ4v) is 5.38. The number of rotatable bonds is 10. The van der Waals surface area contributed by atoms with E-state index in [1.54, 1.807) is 41.3 Å². The van der Waals surface area contributed by atoms with E-state index in [0.717, 1.165) is 11.1 Å². The smallest absolute Gasteiger partial charge is 0.404 e. The maximum atomic E-state index is 15.3. The molecule has 40 heavy (non-hydrogen) atoms. The third kappa shape index (κ3) is 6.78. The van der Waals surface area contributed by atoms with E-state index in [2.05, 4.69) is 5.32 Å². The fraction of sp³-hybridized carbons (Fsp3) is 0.355. The number of nitrogens with one attached hydrogen (secondary N) is 1. The van der Waals surface area contributed by atoms with Crippen molar-refractivity contribution >= 4 is 12.0 Å². The first-order valence-electron chi connectivity index (χ1n) is 13.5. The summed E-state index contributed by atoms with van der Waals surface area (Å²) in [5.41, 5.74) is 6.76. The van der Waals surface area contributed by atoms with Crippen LogP contribution in [0.15, 0.2) is 66.7 Å². The van der Waals surface area contributed by atoms with Crippen LogP contribution in [0.5, 0.6) is 11.5 Å². The molecule has 8 nitrogen and oxygen atoms in total. The number of piperidine rings is 1. The highest BCUT2D eigenvalue weighted by molar-refractivity contribution is 5.94. The SMILES string of the molecule is Cc1cccc(Oc2c(F)cccc2C(O)(CCCNC(=O)O)C2CCCN(C(=O)c3ccc(CN)cc3)C2)c1. The summed E-state index contributed by atoms with van der Waals surface area (Å²) in [5.74, 6) is -0.867. The Labute approximate surface area is 233 Å². The minimum atomic E-state index is -1.59. The number of aryl methyl sites for hydroxylation is 1. The Bertz CT molecular complexity index is 1330. The van der Waals surface area contributed by atoms with Crippen molar-refractivity contribution in [2.45, 2.75) is 44.8 Å². The maximum absolute atomic E-state index is 15.3. The van der Waals surface area contributed by atoms with E-state index in [0.29, 0.717) is 43.7 Å². The first-order valence-corrected chi connectivity index (χ1v) is 13.5. The van der Waals surface area contributed by atoms with E-state index in [4.69, 9.17) is 15.6 Å². The van der Waals surface area contributed by atoms with Gasteiger partial charge >= 0.3 is 6.09 Å². The lowest BCUT2D eigenvalue weighted by Gasteiger charge is -2.43. The molecule has 1 aliphatic heterocycles. The molecule has 2 atom stereocenters. The summed E-state index contributed by atoms with van der Waals surface area (Å²) < 4.78 is 21.3. The van der Waals surface area contributed by atoms with Gasteiger partial charge in [-0.2, -0.15) is 0 Å². The molecule has 0 saturated carbocycles. The molecular formula is C31H36FN3O5. The predicted octanol–water partition coefficient (Wildman–Crippen LogP) is 5.17. The van der Waals surface area contributed by atoms with Gasteiger partial charge in [0.25, 0.3) is 5.91 Å². The molecule has 0 aliphatic carbocycles. The number of nitrogens with two attached hydrogens (primary N) is 1. The van der Waals surface area contributed by atoms with Crippen LogP contribution in [0.25, 0.3) is 0 Å². The number of hydrogen-bond donors (Lipinski definition) is 4. The van der Waals surface area contributed by atoms with Crippen molar-refractivity contribution in [1.29, 1.82) is 0 Å². The highest BCUT2D eigenvalue weighted by Crippen LogP contribution is 2.45. The zero-order valence-electron chi connectivity index (χ0n) is 22.6. The zero-order chi connectivity index (χ0) is 28.7. The van der Waals surface area contributed by atoms with Crippen LogP contribution in [0.4, 0.5) is 9.18 Å². The molecule has 3 aromatic rings. The number of amides is 2. The van der Waals surface area contributed by atoms with Gasteiger partial charge in [0, 0.05) is 43.2 Å². The topological polar surface area (TPSA) is 125 Å². The molecule has 212 valence electrons. The predicted molar refractivity (Wildman–Crippen MR) is 150 cm³/mol. The number of carbonyl (C=O) groups excluding carboxylic acids is 1. The van der Waals surface area contributed by atoms with Gasteiger partial charge in [-0.05, 0) is 74.1 Å². The van der Waals surface area contributed by atoms with Crippen LogP contribution in [0, 0.1) is 18.7 Å². The molecule has 2 amide bonds. The molecule has 2 unspecified atom stereocenters. The van der Waals surface area contributed by atoms with Crippen molar-refractivity contribution in [1.82, 2.24) is 10.2 Å². The quantitative estimate of drug-likeness (QED) is 0.259. The molecule has 1 aliphatic rings. The Hall–Kier alpha value is -3.95. The van der Waals surface area contributed by atoms with Crippen LogP contribution in [-0.4, -0.2) is 46.7 Å². The van der Waals surface area contributed by atoms with E-state index in [1.165, 1.54) is 12.1 Å². The Balaban J connectivity index is 1.67. The molecule has 0 radical (unpaired) electrons. The van der Waals surface area contributed by atoms with E-state index < -0.39 is 23.4 Å². The molecule has 9 heteroatoms. The lowest BCUT2D eigenvalue weighted by Crippen LogP contribution is -2.48. The van der Waals surface area contributed by atoms with Crippen molar-refractivity contribution < 1.29 is 28.9 Å². The second-order valence-electron chi connectivity index (χ2n) is 10.3.